The fourth-order valence-electron chi connectivity index (χ4n) is 5.03. The molecular formula is C32H36Cl2N2O3S. The Morgan fingerprint density at radius 1 is 0.925 bits per heavy atom. The SMILES string of the molecule is COc1cccc(CN(C(=O)CSCc2ccc(Cl)c(Cl)c2)[C@H](Cc2ccccc2)C(=O)NC2CCCCC2)c1. The summed E-state index contributed by atoms with van der Waals surface area (Å²) in [6, 6.07) is 22.6. The van der Waals surface area contributed by atoms with Gasteiger partial charge in [0.25, 0.3) is 0 Å². The molecule has 0 aromatic heterocycles. The highest BCUT2D eigenvalue weighted by Gasteiger charge is 2.32. The van der Waals surface area contributed by atoms with Crippen LogP contribution in [-0.2, 0) is 28.3 Å². The third-order valence-electron chi connectivity index (χ3n) is 7.19. The average Bonchev–Trinajstić information content (AvgIpc) is 2.97. The van der Waals surface area contributed by atoms with Crippen LogP contribution in [0.2, 0.25) is 10.0 Å². The molecule has 1 atom stereocenters. The van der Waals surface area contributed by atoms with Gasteiger partial charge in [0.2, 0.25) is 11.8 Å². The zero-order valence-corrected chi connectivity index (χ0v) is 25.1. The van der Waals surface area contributed by atoms with Crippen molar-refractivity contribution in [2.24, 2.45) is 0 Å². The lowest BCUT2D eigenvalue weighted by Crippen LogP contribution is -2.53. The number of carbonyl (C=O) groups excluding carboxylic acids is 2. The average molecular weight is 600 g/mol. The van der Waals surface area contributed by atoms with Crippen molar-refractivity contribution in [2.75, 3.05) is 12.9 Å². The maximum atomic E-state index is 13.9. The van der Waals surface area contributed by atoms with Gasteiger partial charge in [0.05, 0.1) is 22.9 Å². The summed E-state index contributed by atoms with van der Waals surface area (Å²) < 4.78 is 5.43. The lowest BCUT2D eigenvalue weighted by molar-refractivity contribution is -0.139. The monoisotopic (exact) mass is 598 g/mol. The molecule has 1 aliphatic rings. The largest absolute Gasteiger partial charge is 0.497 e. The van der Waals surface area contributed by atoms with Crippen LogP contribution in [0.15, 0.2) is 72.8 Å². The molecule has 0 radical (unpaired) electrons. The van der Waals surface area contributed by atoms with Gasteiger partial charge in [-0.3, -0.25) is 9.59 Å². The molecule has 1 saturated carbocycles. The molecule has 2 amide bonds. The van der Waals surface area contributed by atoms with Crippen molar-refractivity contribution in [1.82, 2.24) is 10.2 Å². The van der Waals surface area contributed by atoms with E-state index in [-0.39, 0.29) is 23.6 Å². The normalized spacial score (nSPS) is 14.4. The number of amides is 2. The first-order chi connectivity index (χ1) is 19.4. The number of halogens is 2. The zero-order valence-electron chi connectivity index (χ0n) is 22.8. The molecule has 0 bridgehead atoms. The third-order valence-corrected chi connectivity index (χ3v) is 8.92. The van der Waals surface area contributed by atoms with Crippen LogP contribution in [0.4, 0.5) is 0 Å². The van der Waals surface area contributed by atoms with E-state index in [2.05, 4.69) is 5.32 Å². The number of hydrogen-bond donors (Lipinski definition) is 1. The minimum atomic E-state index is -0.645. The van der Waals surface area contributed by atoms with Gasteiger partial charge < -0.3 is 15.0 Å². The van der Waals surface area contributed by atoms with Crippen molar-refractivity contribution in [3.8, 4) is 5.75 Å². The summed E-state index contributed by atoms with van der Waals surface area (Å²) >= 11 is 13.7. The lowest BCUT2D eigenvalue weighted by atomic mass is 9.94. The second kappa shape index (κ2) is 15.4. The Morgan fingerprint density at radius 2 is 1.68 bits per heavy atom. The number of thioether (sulfide) groups is 1. The number of carbonyl (C=O) groups is 2. The van der Waals surface area contributed by atoms with Crippen molar-refractivity contribution in [3.05, 3.63) is 99.5 Å². The number of nitrogens with zero attached hydrogens (tertiary/aromatic N) is 1. The summed E-state index contributed by atoms with van der Waals surface area (Å²) in [5, 5.41) is 4.28. The Morgan fingerprint density at radius 3 is 2.40 bits per heavy atom. The summed E-state index contributed by atoms with van der Waals surface area (Å²) in [5.74, 6) is 1.36. The van der Waals surface area contributed by atoms with Crippen LogP contribution >= 0.6 is 35.0 Å². The molecular weight excluding hydrogens is 563 g/mol. The number of methoxy groups -OCH3 is 1. The molecule has 212 valence electrons. The molecule has 5 nitrogen and oxygen atoms in total. The van der Waals surface area contributed by atoms with Crippen LogP contribution in [0.1, 0.15) is 48.8 Å². The highest BCUT2D eigenvalue weighted by Crippen LogP contribution is 2.26. The topological polar surface area (TPSA) is 58.6 Å². The van der Waals surface area contributed by atoms with E-state index in [0.29, 0.717) is 34.5 Å². The Bertz CT molecular complexity index is 1270. The fraction of sp³-hybridized carbons (Fsp3) is 0.375. The standard InChI is InChI=1S/C32H36Cl2N2O3S/c1-39-27-14-8-11-24(17-27)20-36(31(37)22-40-21-25-15-16-28(33)29(34)18-25)30(19-23-9-4-2-5-10-23)32(38)35-26-12-6-3-7-13-26/h2,4-5,8-11,14-18,26,30H,3,6-7,12-13,19-22H2,1H3,(H,35,38)/t30-/m1/s1. The molecule has 0 spiro atoms. The Labute approximate surface area is 251 Å². The molecule has 1 fully saturated rings. The summed E-state index contributed by atoms with van der Waals surface area (Å²) in [5.41, 5.74) is 2.91. The molecule has 0 aliphatic heterocycles. The van der Waals surface area contributed by atoms with Gasteiger partial charge in [0.15, 0.2) is 0 Å². The van der Waals surface area contributed by atoms with Crippen molar-refractivity contribution in [1.29, 1.82) is 0 Å². The van der Waals surface area contributed by atoms with Gasteiger partial charge in [-0.2, -0.15) is 0 Å². The van der Waals surface area contributed by atoms with Gasteiger partial charge in [-0.15, -0.1) is 11.8 Å². The van der Waals surface area contributed by atoms with Crippen LogP contribution in [0.3, 0.4) is 0 Å². The maximum Gasteiger partial charge on any atom is 0.243 e. The van der Waals surface area contributed by atoms with Gasteiger partial charge in [-0.25, -0.2) is 0 Å². The summed E-state index contributed by atoms with van der Waals surface area (Å²) in [4.78, 5) is 29.5. The molecule has 8 heteroatoms. The molecule has 0 heterocycles. The van der Waals surface area contributed by atoms with Crippen LogP contribution in [-0.4, -0.2) is 41.7 Å². The molecule has 1 N–H and O–H groups in total. The predicted octanol–water partition coefficient (Wildman–Crippen LogP) is 7.32. The van der Waals surface area contributed by atoms with E-state index < -0.39 is 6.04 Å². The first-order valence-electron chi connectivity index (χ1n) is 13.7. The first kappa shape index (κ1) is 30.3. The fourth-order valence-corrected chi connectivity index (χ4v) is 6.21. The molecule has 0 unspecified atom stereocenters. The maximum absolute atomic E-state index is 13.9. The Hall–Kier alpha value is -2.67. The Balaban J connectivity index is 1.57. The second-order valence-electron chi connectivity index (χ2n) is 10.2. The minimum Gasteiger partial charge on any atom is -0.497 e. The van der Waals surface area contributed by atoms with Gasteiger partial charge in [-0.05, 0) is 53.8 Å². The van der Waals surface area contributed by atoms with Crippen LogP contribution < -0.4 is 10.1 Å². The van der Waals surface area contributed by atoms with Gasteiger partial charge >= 0.3 is 0 Å². The van der Waals surface area contributed by atoms with E-state index in [1.807, 2.05) is 66.7 Å². The highest BCUT2D eigenvalue weighted by atomic mass is 35.5. The molecule has 3 aromatic rings. The summed E-state index contributed by atoms with van der Waals surface area (Å²) in [7, 11) is 1.62. The van der Waals surface area contributed by atoms with Crippen molar-refractivity contribution < 1.29 is 14.3 Å². The third kappa shape index (κ3) is 8.92. The smallest absolute Gasteiger partial charge is 0.243 e. The Kier molecular flexibility index (Phi) is 11.6. The molecule has 1 aliphatic carbocycles. The van der Waals surface area contributed by atoms with Gasteiger partial charge in [0, 0.05) is 24.8 Å². The van der Waals surface area contributed by atoms with E-state index in [1.165, 1.54) is 18.2 Å². The molecule has 40 heavy (non-hydrogen) atoms. The van der Waals surface area contributed by atoms with Crippen LogP contribution in [0.5, 0.6) is 5.75 Å². The van der Waals surface area contributed by atoms with Crippen molar-refractivity contribution in [2.45, 2.75) is 62.9 Å². The van der Waals surface area contributed by atoms with E-state index >= 15 is 0 Å². The van der Waals surface area contributed by atoms with Crippen molar-refractivity contribution in [3.63, 3.8) is 0 Å². The molecule has 0 saturated heterocycles. The second-order valence-corrected chi connectivity index (χ2v) is 12.0. The number of hydrogen-bond acceptors (Lipinski definition) is 4. The van der Waals surface area contributed by atoms with Crippen molar-refractivity contribution >= 4 is 46.8 Å². The van der Waals surface area contributed by atoms with Gasteiger partial charge in [-0.1, -0.05) is 91.0 Å². The highest BCUT2D eigenvalue weighted by molar-refractivity contribution is 7.99. The van der Waals surface area contributed by atoms with E-state index in [9.17, 15) is 9.59 Å². The summed E-state index contributed by atoms with van der Waals surface area (Å²) in [6.07, 6.45) is 5.83. The summed E-state index contributed by atoms with van der Waals surface area (Å²) in [6.45, 7) is 0.305. The quantitative estimate of drug-likeness (QED) is 0.237. The van der Waals surface area contributed by atoms with Crippen LogP contribution in [0, 0.1) is 0 Å². The lowest BCUT2D eigenvalue weighted by Gasteiger charge is -2.33. The zero-order chi connectivity index (χ0) is 28.3. The molecule has 3 aromatic carbocycles. The number of rotatable bonds is 12. The van der Waals surface area contributed by atoms with E-state index in [1.54, 1.807) is 18.1 Å². The van der Waals surface area contributed by atoms with E-state index in [0.717, 1.165) is 42.4 Å². The predicted molar refractivity (Wildman–Crippen MR) is 165 cm³/mol. The minimum absolute atomic E-state index is 0.0902. The number of nitrogens with one attached hydrogen (secondary N) is 1. The first-order valence-corrected chi connectivity index (χ1v) is 15.6. The molecule has 4 rings (SSSR count). The number of ether oxygens (including phenoxy) is 1. The van der Waals surface area contributed by atoms with Gasteiger partial charge in [0.1, 0.15) is 11.8 Å². The van der Waals surface area contributed by atoms with E-state index in [4.69, 9.17) is 27.9 Å². The van der Waals surface area contributed by atoms with Crippen LogP contribution in [0.25, 0.3) is 0 Å². The number of benzene rings is 3.